The van der Waals surface area contributed by atoms with Gasteiger partial charge in [0.15, 0.2) is 5.83 Å². The van der Waals surface area contributed by atoms with E-state index in [9.17, 15) is 13.6 Å². The number of hydrogen-bond donors (Lipinski definition) is 0. The van der Waals surface area contributed by atoms with E-state index in [1.54, 1.807) is 0 Å². The third-order valence-electron chi connectivity index (χ3n) is 9.90. The van der Waals surface area contributed by atoms with Gasteiger partial charge in [0.2, 0.25) is 6.54 Å². The van der Waals surface area contributed by atoms with Gasteiger partial charge < -0.3 is 24.1 Å². The van der Waals surface area contributed by atoms with Crippen molar-refractivity contribution in [2.75, 3.05) is 50.8 Å². The smallest absolute Gasteiger partial charge is 0.318 e. The lowest BCUT2D eigenvalue weighted by Gasteiger charge is -2.40. The minimum Gasteiger partial charge on any atom is -0.461 e. The Hall–Kier alpha value is -3.85. The molecule has 4 atom stereocenters. The average molecular weight is 649 g/mol. The molecule has 1 aromatic heterocycles. The molecule has 4 aliphatic rings. The summed E-state index contributed by atoms with van der Waals surface area (Å²) in [5, 5.41) is 2.60. The Bertz CT molecular complexity index is 1730. The van der Waals surface area contributed by atoms with E-state index >= 15 is 0 Å². The summed E-state index contributed by atoms with van der Waals surface area (Å²) in [5.74, 6) is -1.24. The number of nitrogens with zero attached hydrogens (tertiary/aromatic N) is 6. The lowest BCUT2D eigenvalue weighted by Crippen LogP contribution is -2.57. The van der Waals surface area contributed by atoms with Crippen LogP contribution in [-0.4, -0.2) is 89.3 Å². The predicted molar refractivity (Wildman–Crippen MR) is 170 cm³/mol. The normalized spacial score (nSPS) is 26.1. The highest BCUT2D eigenvalue weighted by Crippen LogP contribution is 2.42. The van der Waals surface area contributed by atoms with Crippen LogP contribution in [0, 0.1) is 6.57 Å². The van der Waals surface area contributed by atoms with Crippen LogP contribution in [-0.2, 0) is 22.6 Å². The monoisotopic (exact) mass is 648 g/mol. The molecule has 0 radical (unpaired) electrons. The van der Waals surface area contributed by atoms with Gasteiger partial charge in [-0.3, -0.25) is 9.69 Å². The highest BCUT2D eigenvalue weighted by atomic mass is 35.5. The number of amides is 1. The van der Waals surface area contributed by atoms with Crippen molar-refractivity contribution in [1.29, 1.82) is 0 Å². The first-order valence-electron chi connectivity index (χ1n) is 15.7. The second kappa shape index (κ2) is 12.4. The summed E-state index contributed by atoms with van der Waals surface area (Å²) in [6, 6.07) is 11.5. The van der Waals surface area contributed by atoms with Crippen LogP contribution in [0.15, 0.2) is 48.8 Å². The first kappa shape index (κ1) is 30.8. The molecule has 12 heteroatoms. The van der Waals surface area contributed by atoms with E-state index in [4.69, 9.17) is 37.6 Å². The third-order valence-corrected chi connectivity index (χ3v) is 10.2. The van der Waals surface area contributed by atoms with Crippen LogP contribution in [0.1, 0.15) is 42.2 Å². The van der Waals surface area contributed by atoms with Crippen molar-refractivity contribution in [1.82, 2.24) is 19.8 Å². The number of rotatable bonds is 7. The Morgan fingerprint density at radius 3 is 2.83 bits per heavy atom. The number of benzene rings is 2. The van der Waals surface area contributed by atoms with E-state index in [2.05, 4.69) is 16.3 Å². The number of aromatic nitrogens is 2. The zero-order chi connectivity index (χ0) is 32.0. The topological polar surface area (TPSA) is 75.4 Å². The molecule has 3 saturated heterocycles. The lowest BCUT2D eigenvalue weighted by atomic mass is 9.94. The van der Waals surface area contributed by atoms with Gasteiger partial charge in [0, 0.05) is 55.0 Å². The van der Waals surface area contributed by atoms with Gasteiger partial charge in [0.1, 0.15) is 24.6 Å². The zero-order valence-electron chi connectivity index (χ0n) is 25.4. The standard InChI is InChI=1S/C34H35ClF2N6O3/c1-21(36)32(44)43-13-12-41(18-24(43)16-38-2)31-26-19-45-29(25-8-3-6-22-7-4-9-27(35)30(22)25)14-28(26)39-33(40-31)46-20-34-10-5-11-42(34)17-23(37)15-34/h3-4,6-9,23-24,29H,1,5,10-20H2/t23-,24+,29?,34+/m1/s1. The maximum Gasteiger partial charge on any atom is 0.318 e. The van der Waals surface area contributed by atoms with Crippen molar-refractivity contribution in [2.24, 2.45) is 0 Å². The van der Waals surface area contributed by atoms with Gasteiger partial charge in [-0.05, 0) is 36.4 Å². The molecule has 2 aromatic carbocycles. The van der Waals surface area contributed by atoms with Crippen LogP contribution in [0.3, 0.4) is 0 Å². The van der Waals surface area contributed by atoms with Crippen LogP contribution in [0.5, 0.6) is 6.01 Å². The molecule has 0 aliphatic carbocycles. The molecule has 3 fully saturated rings. The van der Waals surface area contributed by atoms with Crippen molar-refractivity contribution >= 4 is 34.1 Å². The van der Waals surface area contributed by atoms with Crippen LogP contribution >= 0.6 is 11.6 Å². The number of carbonyl (C=O) groups is 1. The summed E-state index contributed by atoms with van der Waals surface area (Å²) in [4.78, 5) is 31.4. The van der Waals surface area contributed by atoms with E-state index in [1.165, 1.54) is 4.90 Å². The summed E-state index contributed by atoms with van der Waals surface area (Å²) < 4.78 is 41.2. The number of carbonyl (C=O) groups excluding carboxylic acids is 1. The van der Waals surface area contributed by atoms with Gasteiger partial charge in [-0.2, -0.15) is 9.97 Å². The molecule has 0 bridgehead atoms. The van der Waals surface area contributed by atoms with Crippen LogP contribution in [0.4, 0.5) is 14.6 Å². The fraction of sp³-hybridized carbons (Fsp3) is 0.471. The minimum atomic E-state index is -1.05. The maximum atomic E-state index is 14.5. The van der Waals surface area contributed by atoms with Crippen molar-refractivity contribution in [3.63, 3.8) is 0 Å². The number of hydrogen-bond acceptors (Lipinski definition) is 7. The number of anilines is 1. The Labute approximate surface area is 271 Å². The second-order valence-electron chi connectivity index (χ2n) is 12.7. The quantitative estimate of drug-likeness (QED) is 0.248. The fourth-order valence-electron chi connectivity index (χ4n) is 7.73. The first-order chi connectivity index (χ1) is 22.3. The van der Waals surface area contributed by atoms with Crippen LogP contribution < -0.4 is 9.64 Å². The van der Waals surface area contributed by atoms with Gasteiger partial charge in [-0.15, -0.1) is 0 Å². The van der Waals surface area contributed by atoms with E-state index in [0.29, 0.717) is 36.8 Å². The van der Waals surface area contributed by atoms with E-state index in [0.717, 1.165) is 47.0 Å². The third kappa shape index (κ3) is 5.57. The van der Waals surface area contributed by atoms with Crippen molar-refractivity contribution in [3.05, 3.63) is 82.1 Å². The zero-order valence-corrected chi connectivity index (χ0v) is 26.2. The van der Waals surface area contributed by atoms with E-state index in [-0.39, 0.29) is 50.5 Å². The van der Waals surface area contributed by atoms with Crippen molar-refractivity contribution < 1.29 is 23.0 Å². The Morgan fingerprint density at radius 1 is 1.20 bits per heavy atom. The summed E-state index contributed by atoms with van der Waals surface area (Å²) >= 11 is 6.67. The first-order valence-corrected chi connectivity index (χ1v) is 16.1. The molecule has 1 unspecified atom stereocenters. The van der Waals surface area contributed by atoms with Gasteiger partial charge >= 0.3 is 6.01 Å². The van der Waals surface area contributed by atoms with E-state index < -0.39 is 23.9 Å². The summed E-state index contributed by atoms with van der Waals surface area (Å²) in [6.45, 7) is 13.3. The molecule has 0 N–H and O–H groups in total. The number of fused-ring (bicyclic) bond motifs is 3. The molecular weight excluding hydrogens is 614 g/mol. The van der Waals surface area contributed by atoms with Gasteiger partial charge in [-0.1, -0.05) is 48.5 Å². The van der Waals surface area contributed by atoms with Crippen LogP contribution in [0.2, 0.25) is 5.02 Å². The van der Waals surface area contributed by atoms with E-state index in [1.807, 2.05) is 41.3 Å². The second-order valence-corrected chi connectivity index (χ2v) is 13.1. The summed E-state index contributed by atoms with van der Waals surface area (Å²) in [6.07, 6.45) is 1.52. The number of ether oxygens (including phenoxy) is 2. The fourth-order valence-corrected chi connectivity index (χ4v) is 8.02. The average Bonchev–Trinajstić information content (AvgIpc) is 3.58. The van der Waals surface area contributed by atoms with Crippen molar-refractivity contribution in [3.8, 4) is 6.01 Å². The molecular formula is C34H35ClF2N6O3. The Kier molecular flexibility index (Phi) is 8.30. The predicted octanol–water partition coefficient (Wildman–Crippen LogP) is 5.47. The Balaban J connectivity index is 1.23. The SMILES string of the molecule is [C-]#[N+]C[C@H]1CN(c2nc(OC[C@@]34CCCN3C[C@H](F)C4)nc3c2COC(c2cccc4cccc(Cl)c24)C3)CCN1C(=O)C(=C)F. The van der Waals surface area contributed by atoms with Gasteiger partial charge in [-0.25, -0.2) is 15.4 Å². The molecule has 3 aromatic rings. The lowest BCUT2D eigenvalue weighted by molar-refractivity contribution is -0.131. The molecule has 46 heavy (non-hydrogen) atoms. The van der Waals surface area contributed by atoms with Gasteiger partial charge in [0.05, 0.1) is 23.9 Å². The van der Waals surface area contributed by atoms with Gasteiger partial charge in [0.25, 0.3) is 5.91 Å². The Morgan fingerprint density at radius 2 is 2.02 bits per heavy atom. The number of piperazine rings is 1. The largest absolute Gasteiger partial charge is 0.461 e. The molecule has 9 nitrogen and oxygen atoms in total. The maximum absolute atomic E-state index is 14.5. The highest BCUT2D eigenvalue weighted by Gasteiger charge is 2.49. The highest BCUT2D eigenvalue weighted by molar-refractivity contribution is 6.35. The molecule has 5 heterocycles. The minimum absolute atomic E-state index is 0.00924. The molecule has 0 saturated carbocycles. The molecule has 4 aliphatic heterocycles. The molecule has 1 amide bonds. The number of halogens is 3. The molecule has 7 rings (SSSR count). The molecule has 0 spiro atoms. The van der Waals surface area contributed by atoms with Crippen LogP contribution in [0.25, 0.3) is 15.6 Å². The summed E-state index contributed by atoms with van der Waals surface area (Å²) in [7, 11) is 0. The number of alkyl halides is 1. The van der Waals surface area contributed by atoms with Crippen molar-refractivity contribution in [2.45, 2.75) is 56.1 Å². The molecule has 240 valence electrons. The summed E-state index contributed by atoms with van der Waals surface area (Å²) in [5.41, 5.74) is 2.17.